The number of nitrogens with zero attached hydrogens (tertiary/aromatic N) is 4. The Labute approximate surface area is 128 Å². The summed E-state index contributed by atoms with van der Waals surface area (Å²) in [5, 5.41) is 1.97. The van der Waals surface area contributed by atoms with Crippen LogP contribution in [0, 0.1) is 5.92 Å². The topological polar surface area (TPSA) is 40.9 Å². The molecule has 2 unspecified atom stereocenters. The van der Waals surface area contributed by atoms with Gasteiger partial charge in [0.1, 0.15) is 5.69 Å². The summed E-state index contributed by atoms with van der Waals surface area (Å²) in [6, 6.07) is 0.707. The van der Waals surface area contributed by atoms with E-state index < -0.39 is 0 Å². The molecule has 2 atom stereocenters. The fourth-order valence-electron chi connectivity index (χ4n) is 3.98. The largest absolute Gasteiger partial charge is 0.354 e. The van der Waals surface area contributed by atoms with E-state index in [0.29, 0.717) is 17.7 Å². The van der Waals surface area contributed by atoms with Gasteiger partial charge in [-0.05, 0) is 38.8 Å². The van der Waals surface area contributed by atoms with Crippen molar-refractivity contribution in [1.82, 2.24) is 14.3 Å². The van der Waals surface area contributed by atoms with Gasteiger partial charge in [0.15, 0.2) is 17.1 Å². The molecule has 0 spiro atoms. The first kappa shape index (κ1) is 13.3. The molecule has 0 saturated carbocycles. The van der Waals surface area contributed by atoms with Gasteiger partial charge in [0.25, 0.3) is 0 Å². The van der Waals surface area contributed by atoms with Crippen LogP contribution in [0.4, 0.5) is 5.82 Å². The number of piperidine rings is 2. The van der Waals surface area contributed by atoms with Gasteiger partial charge in [-0.25, -0.2) is 4.98 Å². The lowest BCUT2D eigenvalue weighted by Gasteiger charge is -2.46. The molecule has 2 fully saturated rings. The van der Waals surface area contributed by atoms with E-state index in [-0.39, 0.29) is 0 Å². The first-order valence-electron chi connectivity index (χ1n) is 7.64. The molecule has 0 radical (unpaired) electrons. The van der Waals surface area contributed by atoms with Crippen LogP contribution in [0.1, 0.15) is 29.8 Å². The fourth-order valence-corrected chi connectivity index (χ4v) is 4.70. The maximum atomic E-state index is 11.5. The molecule has 0 aromatic carbocycles. The SMILES string of the molecule is CN1CCCC2CN(c3nc4sccn4c3C=O)CCC21. The summed E-state index contributed by atoms with van der Waals surface area (Å²) in [5.74, 6) is 1.58. The Morgan fingerprint density at radius 1 is 1.38 bits per heavy atom. The minimum Gasteiger partial charge on any atom is -0.354 e. The van der Waals surface area contributed by atoms with Crippen molar-refractivity contribution in [3.05, 3.63) is 17.3 Å². The van der Waals surface area contributed by atoms with Crippen LogP contribution in [0.15, 0.2) is 11.6 Å². The second-order valence-electron chi connectivity index (χ2n) is 6.18. The Kier molecular flexibility index (Phi) is 3.23. The van der Waals surface area contributed by atoms with E-state index in [1.807, 2.05) is 16.0 Å². The van der Waals surface area contributed by atoms with E-state index in [9.17, 15) is 4.79 Å². The first-order chi connectivity index (χ1) is 10.3. The number of fused-ring (bicyclic) bond motifs is 2. The van der Waals surface area contributed by atoms with Gasteiger partial charge >= 0.3 is 0 Å². The predicted molar refractivity (Wildman–Crippen MR) is 84.4 cm³/mol. The van der Waals surface area contributed by atoms with E-state index in [0.717, 1.165) is 30.2 Å². The van der Waals surface area contributed by atoms with E-state index in [1.165, 1.54) is 25.8 Å². The van der Waals surface area contributed by atoms with Gasteiger partial charge in [0, 0.05) is 30.7 Å². The maximum Gasteiger partial charge on any atom is 0.196 e. The molecule has 5 nitrogen and oxygen atoms in total. The van der Waals surface area contributed by atoms with Crippen molar-refractivity contribution in [1.29, 1.82) is 0 Å². The molecular weight excluding hydrogens is 284 g/mol. The predicted octanol–water partition coefficient (Wildman–Crippen LogP) is 2.13. The molecule has 6 heteroatoms. The smallest absolute Gasteiger partial charge is 0.196 e. The second-order valence-corrected chi connectivity index (χ2v) is 7.05. The van der Waals surface area contributed by atoms with Crippen LogP contribution in [0.3, 0.4) is 0 Å². The number of aromatic nitrogens is 2. The third-order valence-electron chi connectivity index (χ3n) is 5.04. The number of hydrogen-bond donors (Lipinski definition) is 0. The van der Waals surface area contributed by atoms with Crippen molar-refractivity contribution < 1.29 is 4.79 Å². The number of rotatable bonds is 2. The maximum absolute atomic E-state index is 11.5. The third-order valence-corrected chi connectivity index (χ3v) is 5.79. The lowest BCUT2D eigenvalue weighted by atomic mass is 9.84. The van der Waals surface area contributed by atoms with Crippen molar-refractivity contribution >= 4 is 28.4 Å². The summed E-state index contributed by atoms with van der Waals surface area (Å²) in [4.78, 5) is 21.9. The number of imidazole rings is 1. The van der Waals surface area contributed by atoms with Gasteiger partial charge in [-0.3, -0.25) is 9.20 Å². The van der Waals surface area contributed by atoms with E-state index in [1.54, 1.807) is 11.3 Å². The standard InChI is InChI=1S/C15H20N4OS/c1-17-5-2-3-11-9-18(6-4-12(11)17)14-13(10-20)19-7-8-21-15(19)16-14/h7-8,10-12H,2-6,9H2,1H3. The van der Waals surface area contributed by atoms with Crippen LogP contribution in [0.2, 0.25) is 0 Å². The average Bonchev–Trinajstić information content (AvgIpc) is 3.07. The average molecular weight is 304 g/mol. The van der Waals surface area contributed by atoms with Gasteiger partial charge in [-0.1, -0.05) is 0 Å². The molecule has 2 aromatic rings. The Bertz CT molecular complexity index is 664. The molecule has 0 amide bonds. The first-order valence-corrected chi connectivity index (χ1v) is 8.52. The highest BCUT2D eigenvalue weighted by Gasteiger charge is 2.35. The molecule has 2 aliphatic heterocycles. The van der Waals surface area contributed by atoms with Gasteiger partial charge in [0.2, 0.25) is 0 Å². The van der Waals surface area contributed by atoms with Crippen molar-refractivity contribution in [3.63, 3.8) is 0 Å². The van der Waals surface area contributed by atoms with Gasteiger partial charge in [0.05, 0.1) is 0 Å². The normalized spacial score (nSPS) is 27.0. The highest BCUT2D eigenvalue weighted by Crippen LogP contribution is 2.33. The van der Waals surface area contributed by atoms with Crippen molar-refractivity contribution in [2.24, 2.45) is 5.92 Å². The number of carbonyl (C=O) groups excluding carboxylic acids is 1. The van der Waals surface area contributed by atoms with Crippen LogP contribution in [-0.2, 0) is 0 Å². The van der Waals surface area contributed by atoms with Crippen LogP contribution < -0.4 is 4.90 Å². The summed E-state index contributed by atoms with van der Waals surface area (Å²) in [6.45, 7) is 3.25. The van der Waals surface area contributed by atoms with E-state index >= 15 is 0 Å². The van der Waals surface area contributed by atoms with Crippen LogP contribution in [0.25, 0.3) is 4.96 Å². The number of likely N-dealkylation sites (tertiary alicyclic amines) is 1. The van der Waals surface area contributed by atoms with E-state index in [4.69, 9.17) is 0 Å². The Balaban J connectivity index is 1.64. The second kappa shape index (κ2) is 5.10. The molecule has 2 aliphatic rings. The monoisotopic (exact) mass is 304 g/mol. The van der Waals surface area contributed by atoms with Crippen molar-refractivity contribution in [2.75, 3.05) is 31.6 Å². The molecule has 0 aliphatic carbocycles. The highest BCUT2D eigenvalue weighted by atomic mass is 32.1. The highest BCUT2D eigenvalue weighted by molar-refractivity contribution is 7.15. The van der Waals surface area contributed by atoms with Gasteiger partial charge in [-0.2, -0.15) is 0 Å². The summed E-state index contributed by atoms with van der Waals surface area (Å²) in [5.41, 5.74) is 0.703. The molecule has 0 bridgehead atoms. The van der Waals surface area contributed by atoms with Crippen LogP contribution in [-0.4, -0.2) is 53.3 Å². The lowest BCUT2D eigenvalue weighted by Crippen LogP contribution is -2.53. The molecule has 4 heterocycles. The fraction of sp³-hybridized carbons (Fsp3) is 0.600. The molecule has 112 valence electrons. The minimum atomic E-state index is 0.703. The van der Waals surface area contributed by atoms with Gasteiger partial charge < -0.3 is 9.80 Å². The zero-order valence-corrected chi connectivity index (χ0v) is 13.1. The number of thiazole rings is 1. The number of carbonyl (C=O) groups is 1. The van der Waals surface area contributed by atoms with Crippen LogP contribution >= 0.6 is 11.3 Å². The summed E-state index contributed by atoms with van der Waals surface area (Å²) < 4.78 is 1.91. The molecule has 2 saturated heterocycles. The third kappa shape index (κ3) is 2.08. The summed E-state index contributed by atoms with van der Waals surface area (Å²) in [6.07, 6.45) is 6.63. The molecule has 2 aromatic heterocycles. The molecule has 0 N–H and O–H groups in total. The Morgan fingerprint density at radius 3 is 3.14 bits per heavy atom. The Morgan fingerprint density at radius 2 is 2.29 bits per heavy atom. The number of hydrogen-bond acceptors (Lipinski definition) is 5. The lowest BCUT2D eigenvalue weighted by molar-refractivity contribution is 0.102. The number of aldehydes is 1. The Hall–Kier alpha value is -1.40. The zero-order valence-electron chi connectivity index (χ0n) is 12.2. The summed E-state index contributed by atoms with van der Waals surface area (Å²) >= 11 is 1.58. The molecule has 4 rings (SSSR count). The number of anilines is 1. The van der Waals surface area contributed by atoms with Crippen molar-refractivity contribution in [2.45, 2.75) is 25.3 Å². The van der Waals surface area contributed by atoms with Crippen molar-refractivity contribution in [3.8, 4) is 0 Å². The van der Waals surface area contributed by atoms with E-state index in [2.05, 4.69) is 21.8 Å². The molecular formula is C15H20N4OS. The quantitative estimate of drug-likeness (QED) is 0.797. The van der Waals surface area contributed by atoms with Crippen LogP contribution in [0.5, 0.6) is 0 Å². The summed E-state index contributed by atoms with van der Waals surface area (Å²) in [7, 11) is 2.25. The minimum absolute atomic E-state index is 0.703. The zero-order chi connectivity index (χ0) is 14.4. The molecule has 21 heavy (non-hydrogen) atoms. The van der Waals surface area contributed by atoms with Gasteiger partial charge in [-0.15, -0.1) is 11.3 Å².